The van der Waals surface area contributed by atoms with E-state index in [0.29, 0.717) is 22.7 Å². The summed E-state index contributed by atoms with van der Waals surface area (Å²) in [6.45, 7) is 7.04. The first kappa shape index (κ1) is 23.3. The number of hydrogen-bond acceptors (Lipinski definition) is 6. The lowest BCUT2D eigenvalue weighted by atomic mass is 9.98. The van der Waals surface area contributed by atoms with Crippen LogP contribution in [0.2, 0.25) is 0 Å². The molecule has 0 bridgehead atoms. The van der Waals surface area contributed by atoms with Crippen molar-refractivity contribution in [1.29, 1.82) is 0 Å². The van der Waals surface area contributed by atoms with Gasteiger partial charge < -0.3 is 14.4 Å². The summed E-state index contributed by atoms with van der Waals surface area (Å²) in [6.07, 6.45) is 0.883. The number of rotatable bonds is 9. The fourth-order valence-corrected chi connectivity index (χ4v) is 4.53. The van der Waals surface area contributed by atoms with Gasteiger partial charge in [-0.1, -0.05) is 49.3 Å². The molecule has 9 heteroatoms. The molecule has 0 aliphatic carbocycles. The van der Waals surface area contributed by atoms with Crippen molar-refractivity contribution in [1.82, 2.24) is 5.16 Å². The monoisotopic (exact) mass is 458 g/mol. The van der Waals surface area contributed by atoms with Gasteiger partial charge in [-0.25, -0.2) is 17.9 Å². The Morgan fingerprint density at radius 2 is 1.84 bits per heavy atom. The van der Waals surface area contributed by atoms with Gasteiger partial charge in [0.1, 0.15) is 5.75 Å². The molecule has 0 spiro atoms. The van der Waals surface area contributed by atoms with Gasteiger partial charge in [-0.15, -0.1) is 0 Å². The Labute approximate surface area is 187 Å². The Morgan fingerprint density at radius 1 is 1.16 bits per heavy atom. The molecular weight excluding hydrogens is 432 g/mol. The Kier molecular flexibility index (Phi) is 6.88. The normalized spacial score (nSPS) is 11.5. The van der Waals surface area contributed by atoms with E-state index in [0.717, 1.165) is 12.0 Å². The molecule has 0 saturated carbocycles. The summed E-state index contributed by atoms with van der Waals surface area (Å²) in [6, 6.07) is 12.0. The van der Waals surface area contributed by atoms with Crippen LogP contribution in [0.25, 0.3) is 11.1 Å². The zero-order valence-corrected chi connectivity index (χ0v) is 19.2. The highest BCUT2D eigenvalue weighted by atomic mass is 32.2. The summed E-state index contributed by atoms with van der Waals surface area (Å²) in [5.41, 5.74) is 3.12. The molecule has 0 radical (unpaired) electrons. The van der Waals surface area contributed by atoms with Crippen molar-refractivity contribution in [2.24, 2.45) is 5.92 Å². The van der Waals surface area contributed by atoms with Crippen molar-refractivity contribution >= 4 is 21.9 Å². The number of aromatic nitrogens is 1. The molecule has 0 unspecified atom stereocenters. The number of nitrogens with one attached hydrogen (secondary N) is 1. The third-order valence-corrected chi connectivity index (χ3v) is 6.27. The van der Waals surface area contributed by atoms with E-state index in [9.17, 15) is 13.2 Å². The molecule has 170 valence electrons. The molecular formula is C23H26N2O6S. The minimum atomic E-state index is -4.10. The van der Waals surface area contributed by atoms with Crippen molar-refractivity contribution in [3.63, 3.8) is 0 Å². The number of carboxylic acid groups (broad SMARTS) is 1. The van der Waals surface area contributed by atoms with Crippen LogP contribution in [-0.2, 0) is 21.2 Å². The van der Waals surface area contributed by atoms with Crippen molar-refractivity contribution in [2.75, 3.05) is 11.3 Å². The van der Waals surface area contributed by atoms with Crippen molar-refractivity contribution in [2.45, 2.75) is 39.0 Å². The predicted octanol–water partition coefficient (Wildman–Crippen LogP) is 4.42. The Bertz CT molecular complexity index is 1210. The van der Waals surface area contributed by atoms with Crippen LogP contribution in [0, 0.1) is 19.8 Å². The number of ether oxygens (including phenoxy) is 1. The zero-order chi connectivity index (χ0) is 23.5. The number of nitrogens with zero attached hydrogens (tertiary/aromatic N) is 1. The molecule has 0 aliphatic heterocycles. The Hall–Kier alpha value is -3.33. The highest BCUT2D eigenvalue weighted by molar-refractivity contribution is 7.92. The molecule has 2 aromatic carbocycles. The highest BCUT2D eigenvalue weighted by Gasteiger charge is 2.25. The fourth-order valence-electron chi connectivity index (χ4n) is 3.25. The second kappa shape index (κ2) is 9.44. The molecule has 1 aromatic heterocycles. The third-order valence-electron chi connectivity index (χ3n) is 4.90. The number of hydrogen-bond donors (Lipinski definition) is 2. The van der Waals surface area contributed by atoms with Gasteiger partial charge in [0.15, 0.2) is 6.61 Å². The molecule has 3 aromatic rings. The first-order valence-corrected chi connectivity index (χ1v) is 11.6. The third kappa shape index (κ3) is 5.28. The first-order chi connectivity index (χ1) is 15.1. The van der Waals surface area contributed by atoms with E-state index >= 15 is 0 Å². The van der Waals surface area contributed by atoms with E-state index in [4.69, 9.17) is 14.4 Å². The molecule has 3 rings (SSSR count). The maximum atomic E-state index is 13.3. The van der Waals surface area contributed by atoms with Crippen LogP contribution in [0.15, 0.2) is 51.9 Å². The molecule has 32 heavy (non-hydrogen) atoms. The Balaban J connectivity index is 2.10. The number of aliphatic carboxylic acids is 1. The van der Waals surface area contributed by atoms with Crippen LogP contribution in [0.5, 0.6) is 5.75 Å². The summed E-state index contributed by atoms with van der Waals surface area (Å²) in [4.78, 5) is 11.0. The average Bonchev–Trinajstić information content (AvgIpc) is 3.04. The number of carbonyl (C=O) groups is 1. The van der Waals surface area contributed by atoms with Gasteiger partial charge in [0.05, 0.1) is 10.6 Å². The van der Waals surface area contributed by atoms with Gasteiger partial charge >= 0.3 is 5.97 Å². The van der Waals surface area contributed by atoms with Crippen LogP contribution in [0.3, 0.4) is 0 Å². The second-order valence-electron chi connectivity index (χ2n) is 7.93. The van der Waals surface area contributed by atoms with Crippen LogP contribution < -0.4 is 9.46 Å². The molecule has 8 nitrogen and oxygen atoms in total. The summed E-state index contributed by atoms with van der Waals surface area (Å²) in [7, 11) is -4.10. The minimum Gasteiger partial charge on any atom is -0.481 e. The summed E-state index contributed by atoms with van der Waals surface area (Å²) < 4.78 is 39.6. The SMILES string of the molecule is Cc1noc(NS(=O)(=O)c2cccc(OCC(=O)O)c2-c2ccc(CC(C)C)cc2)c1C. The quantitative estimate of drug-likeness (QED) is 0.487. The van der Waals surface area contributed by atoms with Crippen LogP contribution in [0.1, 0.15) is 30.7 Å². The topological polar surface area (TPSA) is 119 Å². The smallest absolute Gasteiger partial charge is 0.341 e. The van der Waals surface area contributed by atoms with Gasteiger partial charge in [0.25, 0.3) is 10.0 Å². The molecule has 0 atom stereocenters. The lowest BCUT2D eigenvalue weighted by Gasteiger charge is -2.16. The first-order valence-electron chi connectivity index (χ1n) is 10.1. The van der Waals surface area contributed by atoms with Gasteiger partial charge in [-0.2, -0.15) is 0 Å². The standard InChI is InChI=1S/C23H26N2O6S/c1-14(2)12-17-8-10-18(11-9-17)22-19(30-13-21(26)27)6-5-7-20(22)32(28,29)25-23-15(3)16(4)24-31-23/h5-11,14,25H,12-13H2,1-4H3,(H,26,27). The molecule has 1 heterocycles. The molecule has 0 fully saturated rings. The number of benzene rings is 2. The van der Waals surface area contributed by atoms with Crippen molar-refractivity contribution < 1.29 is 27.6 Å². The predicted molar refractivity (Wildman–Crippen MR) is 120 cm³/mol. The number of sulfonamides is 1. The number of anilines is 1. The van der Waals surface area contributed by atoms with E-state index in [1.54, 1.807) is 19.9 Å². The van der Waals surface area contributed by atoms with E-state index in [-0.39, 0.29) is 22.1 Å². The molecule has 2 N–H and O–H groups in total. The van der Waals surface area contributed by atoms with E-state index in [1.165, 1.54) is 12.1 Å². The lowest BCUT2D eigenvalue weighted by Crippen LogP contribution is -2.16. The summed E-state index contributed by atoms with van der Waals surface area (Å²) in [5, 5.41) is 12.8. The maximum Gasteiger partial charge on any atom is 0.341 e. The lowest BCUT2D eigenvalue weighted by molar-refractivity contribution is -0.139. The highest BCUT2D eigenvalue weighted by Crippen LogP contribution is 2.37. The summed E-state index contributed by atoms with van der Waals surface area (Å²) >= 11 is 0. The van der Waals surface area contributed by atoms with Crippen molar-refractivity contribution in [3.8, 4) is 16.9 Å². The van der Waals surface area contributed by atoms with Crippen LogP contribution >= 0.6 is 0 Å². The molecule has 0 amide bonds. The van der Waals surface area contributed by atoms with Crippen molar-refractivity contribution in [3.05, 3.63) is 59.3 Å². The van der Waals surface area contributed by atoms with E-state index < -0.39 is 22.6 Å². The van der Waals surface area contributed by atoms with Crippen LogP contribution in [0.4, 0.5) is 5.88 Å². The van der Waals surface area contributed by atoms with Gasteiger partial charge in [0, 0.05) is 11.1 Å². The van der Waals surface area contributed by atoms with Crippen LogP contribution in [-0.4, -0.2) is 31.3 Å². The van der Waals surface area contributed by atoms with Gasteiger partial charge in [0.2, 0.25) is 5.88 Å². The number of carboxylic acids is 1. The second-order valence-corrected chi connectivity index (χ2v) is 9.59. The van der Waals surface area contributed by atoms with E-state index in [1.807, 2.05) is 24.3 Å². The molecule has 0 saturated heterocycles. The van der Waals surface area contributed by atoms with Gasteiger partial charge in [-0.05, 0) is 49.4 Å². The largest absolute Gasteiger partial charge is 0.481 e. The minimum absolute atomic E-state index is 0.0255. The average molecular weight is 459 g/mol. The number of aryl methyl sites for hydroxylation is 1. The molecule has 0 aliphatic rings. The summed E-state index contributed by atoms with van der Waals surface area (Å²) in [5.74, 6) is -0.516. The van der Waals surface area contributed by atoms with E-state index in [2.05, 4.69) is 23.7 Å². The maximum absolute atomic E-state index is 13.3. The Morgan fingerprint density at radius 3 is 2.41 bits per heavy atom. The zero-order valence-electron chi connectivity index (χ0n) is 18.4. The van der Waals surface area contributed by atoms with Gasteiger partial charge in [-0.3, -0.25) is 0 Å². The fraction of sp³-hybridized carbons (Fsp3) is 0.304.